The van der Waals surface area contributed by atoms with Gasteiger partial charge in [-0.3, -0.25) is 4.57 Å². The van der Waals surface area contributed by atoms with E-state index in [9.17, 15) is 4.57 Å². The molecule has 0 aliphatic carbocycles. The molecular weight excluding hydrogens is 103 g/mol. The molecule has 6 heavy (non-hydrogen) atoms. The van der Waals surface area contributed by atoms with Gasteiger partial charge in [-0.25, -0.2) is 0 Å². The molecule has 3 nitrogen and oxygen atoms in total. The molecule has 0 amide bonds. The minimum absolute atomic E-state index is 0.436. The fraction of sp³-hybridized carbons (Fsp3) is 1.00. The maximum Gasteiger partial charge on any atom is 0.190 e. The number of rotatable bonds is 2. The molecule has 0 saturated carbocycles. The highest BCUT2D eigenvalue weighted by Crippen LogP contribution is 2.12. The van der Waals surface area contributed by atoms with Crippen LogP contribution in [0.5, 0.6) is 0 Å². The van der Waals surface area contributed by atoms with Crippen molar-refractivity contribution in [3.05, 3.63) is 0 Å². The zero-order valence-corrected chi connectivity index (χ0v) is 4.47. The van der Waals surface area contributed by atoms with Crippen LogP contribution >= 0.6 is 8.03 Å². The van der Waals surface area contributed by atoms with E-state index < -0.39 is 14.8 Å². The average molecular weight is 110 g/mol. The summed E-state index contributed by atoms with van der Waals surface area (Å²) in [5, 5.41) is 7.84. The van der Waals surface area contributed by atoms with E-state index in [2.05, 4.69) is 4.52 Å². The molecule has 0 aromatic rings. The Balaban J connectivity index is 2.83. The second-order valence-corrected chi connectivity index (χ2v) is 2.04. The zero-order valence-electron chi connectivity index (χ0n) is 3.47. The van der Waals surface area contributed by atoms with E-state index in [1.54, 1.807) is 0 Å². The molecule has 0 aromatic heterocycles. The molecule has 38 valence electrons. The molecule has 0 fully saturated rings. The standard InChI is InChI=1S/C2H7O3P/c1-6(4)5-2-3/h3,6H,2H2,1H3. The van der Waals surface area contributed by atoms with Crippen molar-refractivity contribution in [2.75, 3.05) is 13.5 Å². The van der Waals surface area contributed by atoms with Gasteiger partial charge in [0.1, 0.15) is 6.79 Å². The summed E-state index contributed by atoms with van der Waals surface area (Å²) in [6.45, 7) is 0.981. The zero-order chi connectivity index (χ0) is 4.99. The van der Waals surface area contributed by atoms with Crippen molar-refractivity contribution in [2.24, 2.45) is 0 Å². The minimum atomic E-state index is -1.89. The van der Waals surface area contributed by atoms with Crippen molar-refractivity contribution < 1.29 is 14.2 Å². The van der Waals surface area contributed by atoms with Gasteiger partial charge in [-0.1, -0.05) is 0 Å². The quantitative estimate of drug-likeness (QED) is 0.403. The van der Waals surface area contributed by atoms with E-state index >= 15 is 0 Å². The summed E-state index contributed by atoms with van der Waals surface area (Å²) >= 11 is 0. The summed E-state index contributed by atoms with van der Waals surface area (Å²) < 4.78 is 14.0. The number of hydrogen-bond acceptors (Lipinski definition) is 3. The Kier molecular flexibility index (Phi) is 3.43. The van der Waals surface area contributed by atoms with Crippen LogP contribution in [-0.4, -0.2) is 18.6 Å². The first-order chi connectivity index (χ1) is 2.77. The molecule has 0 bridgehead atoms. The van der Waals surface area contributed by atoms with Crippen LogP contribution in [0.3, 0.4) is 0 Å². The molecule has 0 heterocycles. The lowest BCUT2D eigenvalue weighted by molar-refractivity contribution is 0.108. The summed E-state index contributed by atoms with van der Waals surface area (Å²) in [6, 6.07) is 0. The van der Waals surface area contributed by atoms with Gasteiger partial charge in [0.2, 0.25) is 0 Å². The monoisotopic (exact) mass is 110 g/mol. The largest absolute Gasteiger partial charge is 0.370 e. The SMILES string of the molecule is C[PH](=O)OCO. The van der Waals surface area contributed by atoms with Gasteiger partial charge in [0.15, 0.2) is 8.03 Å². The Morgan fingerprint density at radius 2 is 2.50 bits per heavy atom. The van der Waals surface area contributed by atoms with Gasteiger partial charge < -0.3 is 9.63 Å². The van der Waals surface area contributed by atoms with Crippen LogP contribution in [0, 0.1) is 0 Å². The predicted molar refractivity (Wildman–Crippen MR) is 23.1 cm³/mol. The molecule has 0 saturated heterocycles. The number of hydrogen-bond donors (Lipinski definition) is 1. The van der Waals surface area contributed by atoms with Gasteiger partial charge in [0, 0.05) is 6.66 Å². The van der Waals surface area contributed by atoms with Crippen molar-refractivity contribution in [3.63, 3.8) is 0 Å². The minimum Gasteiger partial charge on any atom is -0.370 e. The molecule has 4 heteroatoms. The number of aliphatic hydroxyl groups excluding tert-OH is 1. The second-order valence-electron chi connectivity index (χ2n) is 0.765. The third-order valence-corrected chi connectivity index (χ3v) is 0.803. The van der Waals surface area contributed by atoms with E-state index in [0.29, 0.717) is 0 Å². The average Bonchev–Trinajstić information content (AvgIpc) is 1.35. The Bertz CT molecular complexity index is 52.8. The lowest BCUT2D eigenvalue weighted by atomic mass is 11.6. The molecular formula is C2H7O3P. The lowest BCUT2D eigenvalue weighted by Crippen LogP contribution is -1.77. The van der Waals surface area contributed by atoms with Crippen LogP contribution in [0.4, 0.5) is 0 Å². The van der Waals surface area contributed by atoms with Crippen molar-refractivity contribution in [2.45, 2.75) is 0 Å². The van der Waals surface area contributed by atoms with E-state index in [4.69, 9.17) is 5.11 Å². The maximum atomic E-state index is 9.85. The smallest absolute Gasteiger partial charge is 0.190 e. The Labute approximate surface area is 36.8 Å². The molecule has 0 aliphatic heterocycles. The van der Waals surface area contributed by atoms with Gasteiger partial charge in [-0.05, 0) is 0 Å². The molecule has 0 spiro atoms. The first-order valence-electron chi connectivity index (χ1n) is 1.51. The van der Waals surface area contributed by atoms with Crippen LogP contribution < -0.4 is 0 Å². The summed E-state index contributed by atoms with van der Waals surface area (Å²) in [7, 11) is -1.89. The molecule has 0 radical (unpaired) electrons. The maximum absolute atomic E-state index is 9.85. The first-order valence-corrected chi connectivity index (χ1v) is 3.33. The van der Waals surface area contributed by atoms with Crippen molar-refractivity contribution >= 4 is 8.03 Å². The molecule has 1 unspecified atom stereocenters. The lowest BCUT2D eigenvalue weighted by Gasteiger charge is -1.87. The second kappa shape index (κ2) is 3.34. The van der Waals surface area contributed by atoms with Gasteiger partial charge in [-0.15, -0.1) is 0 Å². The molecule has 0 rings (SSSR count). The topological polar surface area (TPSA) is 46.5 Å². The summed E-state index contributed by atoms with van der Waals surface area (Å²) in [5.74, 6) is 0. The summed E-state index contributed by atoms with van der Waals surface area (Å²) in [4.78, 5) is 0. The van der Waals surface area contributed by atoms with Gasteiger partial charge in [0.25, 0.3) is 0 Å². The highest BCUT2D eigenvalue weighted by molar-refractivity contribution is 7.38. The molecule has 0 aromatic carbocycles. The van der Waals surface area contributed by atoms with Crippen LogP contribution in [0.1, 0.15) is 0 Å². The van der Waals surface area contributed by atoms with Crippen LogP contribution in [0.25, 0.3) is 0 Å². The third kappa shape index (κ3) is 4.15. The fourth-order valence-corrected chi connectivity index (χ4v) is 0.273. The van der Waals surface area contributed by atoms with Gasteiger partial charge in [-0.2, -0.15) is 0 Å². The van der Waals surface area contributed by atoms with E-state index in [0.717, 1.165) is 0 Å². The van der Waals surface area contributed by atoms with Crippen LogP contribution in [0.15, 0.2) is 0 Å². The van der Waals surface area contributed by atoms with Crippen LogP contribution in [-0.2, 0) is 9.09 Å². The molecule has 1 atom stereocenters. The Morgan fingerprint density at radius 1 is 2.00 bits per heavy atom. The van der Waals surface area contributed by atoms with Gasteiger partial charge in [0.05, 0.1) is 0 Å². The summed E-state index contributed by atoms with van der Waals surface area (Å²) in [6.07, 6.45) is 0. The fourth-order valence-electron chi connectivity index (χ4n) is 0.0909. The Hall–Kier alpha value is 0.150. The first kappa shape index (κ1) is 6.15. The molecule has 0 aliphatic rings. The van der Waals surface area contributed by atoms with Crippen molar-refractivity contribution in [1.29, 1.82) is 0 Å². The van der Waals surface area contributed by atoms with Crippen molar-refractivity contribution in [1.82, 2.24) is 0 Å². The highest BCUT2D eigenvalue weighted by Gasteiger charge is 1.79. The van der Waals surface area contributed by atoms with E-state index in [1.807, 2.05) is 0 Å². The van der Waals surface area contributed by atoms with E-state index in [-0.39, 0.29) is 0 Å². The van der Waals surface area contributed by atoms with Crippen molar-refractivity contribution in [3.8, 4) is 0 Å². The van der Waals surface area contributed by atoms with E-state index in [1.165, 1.54) is 6.66 Å². The highest BCUT2D eigenvalue weighted by atomic mass is 31.1. The van der Waals surface area contributed by atoms with Crippen LogP contribution in [0.2, 0.25) is 0 Å². The number of aliphatic hydroxyl groups is 1. The van der Waals surface area contributed by atoms with Gasteiger partial charge >= 0.3 is 0 Å². The molecule has 1 N–H and O–H groups in total. The normalized spacial score (nSPS) is 14.3. The Morgan fingerprint density at radius 3 is 2.50 bits per heavy atom. The summed E-state index contributed by atoms with van der Waals surface area (Å²) in [5.41, 5.74) is 0. The third-order valence-electron chi connectivity index (χ3n) is 0.268. The predicted octanol–water partition coefficient (Wildman–Crippen LogP) is 0.0573.